The van der Waals surface area contributed by atoms with Crippen LogP contribution in [0.15, 0.2) is 60.9 Å². The quantitative estimate of drug-likeness (QED) is 0.503. The Balaban J connectivity index is 1.99. The molecule has 0 atom stereocenters. The molecule has 4 aromatic rings. The molecule has 0 saturated carbocycles. The molecular formula is C18H16N4+2. The van der Waals surface area contributed by atoms with Crippen LogP contribution in [0.25, 0.3) is 33.5 Å². The number of hydrogen-bond acceptors (Lipinski definition) is 2. The predicted octanol–water partition coefficient (Wildman–Crippen LogP) is 2.10. The van der Waals surface area contributed by atoms with Crippen molar-refractivity contribution in [2.24, 2.45) is 14.1 Å². The lowest BCUT2D eigenvalue weighted by molar-refractivity contribution is -0.646. The van der Waals surface area contributed by atoms with Gasteiger partial charge in [0.25, 0.3) is 0 Å². The lowest BCUT2D eigenvalue weighted by atomic mass is 10.2. The summed E-state index contributed by atoms with van der Waals surface area (Å²) in [6.45, 7) is 0. The molecule has 0 amide bonds. The number of hydrogen-bond donors (Lipinski definition) is 0. The minimum absolute atomic E-state index is 0.877. The molecule has 0 fully saturated rings. The van der Waals surface area contributed by atoms with Crippen molar-refractivity contribution in [3.63, 3.8) is 0 Å². The van der Waals surface area contributed by atoms with E-state index < -0.39 is 0 Å². The third kappa shape index (κ3) is 2.00. The summed E-state index contributed by atoms with van der Waals surface area (Å²) < 4.78 is 4.18. The van der Waals surface area contributed by atoms with Crippen molar-refractivity contribution in [2.45, 2.75) is 0 Å². The van der Waals surface area contributed by atoms with Crippen LogP contribution in [0.1, 0.15) is 0 Å². The SMILES string of the molecule is C[n+]1cc(-c2c[n+](C)c3ccccc3n2)nc2ccccc21. The lowest BCUT2D eigenvalue weighted by Gasteiger charge is -2.02. The molecule has 2 aromatic carbocycles. The smallest absolute Gasteiger partial charge is 0.230 e. The molecule has 22 heavy (non-hydrogen) atoms. The molecule has 4 nitrogen and oxygen atoms in total. The van der Waals surface area contributed by atoms with Crippen LogP contribution in [0.5, 0.6) is 0 Å². The van der Waals surface area contributed by atoms with E-state index in [-0.39, 0.29) is 0 Å². The van der Waals surface area contributed by atoms with Gasteiger partial charge in [0.15, 0.2) is 23.8 Å². The van der Waals surface area contributed by atoms with Gasteiger partial charge in [0.2, 0.25) is 11.0 Å². The van der Waals surface area contributed by atoms with Crippen LogP contribution in [0, 0.1) is 0 Å². The molecule has 0 unspecified atom stereocenters. The summed E-state index contributed by atoms with van der Waals surface area (Å²) in [5.74, 6) is 0. The second kappa shape index (κ2) is 4.84. The van der Waals surface area contributed by atoms with Crippen LogP contribution < -0.4 is 9.13 Å². The Morgan fingerprint density at radius 2 is 1.05 bits per heavy atom. The van der Waals surface area contributed by atoms with Gasteiger partial charge in [0.05, 0.1) is 0 Å². The number of para-hydroxylation sites is 4. The molecule has 4 heteroatoms. The van der Waals surface area contributed by atoms with Crippen molar-refractivity contribution >= 4 is 22.1 Å². The molecule has 2 aromatic heterocycles. The zero-order valence-electron chi connectivity index (χ0n) is 12.6. The van der Waals surface area contributed by atoms with Gasteiger partial charge < -0.3 is 0 Å². The minimum Gasteiger partial charge on any atom is -0.233 e. The third-order valence-electron chi connectivity index (χ3n) is 3.90. The van der Waals surface area contributed by atoms with Gasteiger partial charge in [0, 0.05) is 12.1 Å². The van der Waals surface area contributed by atoms with Crippen LogP contribution in [0.2, 0.25) is 0 Å². The molecule has 4 rings (SSSR count). The van der Waals surface area contributed by atoms with E-state index in [0.29, 0.717) is 0 Å². The number of nitrogens with zero attached hydrogens (tertiary/aromatic N) is 4. The summed E-state index contributed by atoms with van der Waals surface area (Å²) in [4.78, 5) is 9.52. The Bertz CT molecular complexity index is 925. The largest absolute Gasteiger partial charge is 0.233 e. The summed E-state index contributed by atoms with van der Waals surface area (Å²) in [5, 5.41) is 0. The highest BCUT2D eigenvalue weighted by molar-refractivity contribution is 5.75. The van der Waals surface area contributed by atoms with Gasteiger partial charge in [-0.05, 0) is 12.1 Å². The van der Waals surface area contributed by atoms with E-state index in [1.54, 1.807) is 0 Å². The molecular weight excluding hydrogens is 272 g/mol. The number of rotatable bonds is 1. The monoisotopic (exact) mass is 288 g/mol. The lowest BCUT2D eigenvalue weighted by Crippen LogP contribution is -2.31. The molecule has 0 radical (unpaired) electrons. The number of aryl methyl sites for hydroxylation is 2. The second-order valence-electron chi connectivity index (χ2n) is 5.45. The Morgan fingerprint density at radius 3 is 1.50 bits per heavy atom. The zero-order valence-corrected chi connectivity index (χ0v) is 12.6. The molecule has 0 aliphatic heterocycles. The molecule has 0 aliphatic carbocycles. The van der Waals surface area contributed by atoms with Crippen molar-refractivity contribution in [3.05, 3.63) is 60.9 Å². The molecule has 0 saturated heterocycles. The fraction of sp³-hybridized carbons (Fsp3) is 0.111. The van der Waals surface area contributed by atoms with E-state index in [0.717, 1.165) is 33.5 Å². The molecule has 0 N–H and O–H groups in total. The fourth-order valence-corrected chi connectivity index (χ4v) is 2.78. The highest BCUT2D eigenvalue weighted by atomic mass is 15.0. The van der Waals surface area contributed by atoms with Crippen LogP contribution >= 0.6 is 0 Å². The summed E-state index contributed by atoms with van der Waals surface area (Å²) in [6.07, 6.45) is 4.05. The number of fused-ring (bicyclic) bond motifs is 2. The maximum absolute atomic E-state index is 4.76. The van der Waals surface area contributed by atoms with Gasteiger partial charge in [-0.1, -0.05) is 24.3 Å². The maximum Gasteiger partial charge on any atom is 0.230 e. The highest BCUT2D eigenvalue weighted by Crippen LogP contribution is 2.17. The van der Waals surface area contributed by atoms with Crippen LogP contribution in [0.3, 0.4) is 0 Å². The topological polar surface area (TPSA) is 33.5 Å². The second-order valence-corrected chi connectivity index (χ2v) is 5.45. The third-order valence-corrected chi connectivity index (χ3v) is 3.90. The first-order valence-corrected chi connectivity index (χ1v) is 7.23. The molecule has 0 spiro atoms. The van der Waals surface area contributed by atoms with E-state index in [1.807, 2.05) is 62.9 Å². The van der Waals surface area contributed by atoms with E-state index in [4.69, 9.17) is 9.97 Å². The van der Waals surface area contributed by atoms with Crippen molar-refractivity contribution in [2.75, 3.05) is 0 Å². The summed E-state index contributed by atoms with van der Waals surface area (Å²) in [6, 6.07) is 16.3. The molecule has 2 heterocycles. The Kier molecular flexibility index (Phi) is 2.82. The van der Waals surface area contributed by atoms with Gasteiger partial charge in [-0.2, -0.15) is 9.13 Å². The van der Waals surface area contributed by atoms with Gasteiger partial charge in [0.1, 0.15) is 25.1 Å². The predicted molar refractivity (Wildman–Crippen MR) is 84.8 cm³/mol. The Labute approximate surface area is 128 Å². The average molecular weight is 288 g/mol. The van der Waals surface area contributed by atoms with E-state index in [9.17, 15) is 0 Å². The van der Waals surface area contributed by atoms with E-state index in [2.05, 4.69) is 21.3 Å². The van der Waals surface area contributed by atoms with Crippen molar-refractivity contribution < 1.29 is 9.13 Å². The van der Waals surface area contributed by atoms with Crippen molar-refractivity contribution in [3.8, 4) is 11.4 Å². The van der Waals surface area contributed by atoms with Crippen LogP contribution in [-0.4, -0.2) is 9.97 Å². The van der Waals surface area contributed by atoms with Crippen LogP contribution in [0.4, 0.5) is 0 Å². The first kappa shape index (κ1) is 12.8. The minimum atomic E-state index is 0.877. The summed E-state index contributed by atoms with van der Waals surface area (Å²) in [5.41, 5.74) is 5.91. The van der Waals surface area contributed by atoms with Gasteiger partial charge >= 0.3 is 0 Å². The highest BCUT2D eigenvalue weighted by Gasteiger charge is 2.16. The number of aromatic nitrogens is 4. The summed E-state index contributed by atoms with van der Waals surface area (Å²) >= 11 is 0. The fourth-order valence-electron chi connectivity index (χ4n) is 2.78. The van der Waals surface area contributed by atoms with Crippen molar-refractivity contribution in [1.82, 2.24) is 9.97 Å². The zero-order chi connectivity index (χ0) is 15.1. The molecule has 0 aliphatic rings. The van der Waals surface area contributed by atoms with Gasteiger partial charge in [-0.25, -0.2) is 9.97 Å². The number of benzene rings is 2. The average Bonchev–Trinajstić information content (AvgIpc) is 2.55. The first-order valence-electron chi connectivity index (χ1n) is 7.23. The summed E-state index contributed by atoms with van der Waals surface area (Å²) in [7, 11) is 4.07. The van der Waals surface area contributed by atoms with Crippen molar-refractivity contribution in [1.29, 1.82) is 0 Å². The first-order chi connectivity index (χ1) is 10.7. The van der Waals surface area contributed by atoms with Gasteiger partial charge in [-0.3, -0.25) is 0 Å². The standard InChI is InChI=1S/C18H16N4/c1-21-11-15(19-13-7-3-5-9-17(13)21)16-12-22(2)18-10-6-4-8-14(18)20-16/h3-12H,1-2H3/q+2. The van der Waals surface area contributed by atoms with E-state index in [1.165, 1.54) is 0 Å². The maximum atomic E-state index is 4.76. The molecule has 0 bridgehead atoms. The van der Waals surface area contributed by atoms with Gasteiger partial charge in [-0.15, -0.1) is 0 Å². The van der Waals surface area contributed by atoms with Crippen LogP contribution in [-0.2, 0) is 14.1 Å². The Morgan fingerprint density at radius 1 is 0.636 bits per heavy atom. The van der Waals surface area contributed by atoms with E-state index >= 15 is 0 Å². The molecule has 106 valence electrons. The Hall–Kier alpha value is -2.88. The normalized spacial score (nSPS) is 11.2.